The lowest BCUT2D eigenvalue weighted by molar-refractivity contribution is 1.35. The van der Waals surface area contributed by atoms with E-state index in [1.54, 1.807) is 0 Å². The lowest BCUT2D eigenvalue weighted by Crippen LogP contribution is -1.89. The molecule has 0 aliphatic carbocycles. The highest BCUT2D eigenvalue weighted by molar-refractivity contribution is 9.10. The second kappa shape index (κ2) is 6.50. The molecule has 0 heterocycles. The molecule has 0 aliphatic rings. The van der Waals surface area contributed by atoms with E-state index in [0.29, 0.717) is 0 Å². The summed E-state index contributed by atoms with van der Waals surface area (Å²) in [4.78, 5) is 0. The molecule has 1 nitrogen and oxygen atoms in total. The molecule has 0 atom stereocenters. The average molecular weight is 343 g/mol. The van der Waals surface area contributed by atoms with Crippen LogP contribution in [0.3, 0.4) is 0 Å². The van der Waals surface area contributed by atoms with Crippen molar-refractivity contribution in [2.24, 2.45) is 0 Å². The normalized spacial score (nSPS) is 10.6. The molecule has 2 N–H and O–H groups in total. The number of halogens is 2. The van der Waals surface area contributed by atoms with Gasteiger partial charge in [-0.2, -0.15) is 11.8 Å². The van der Waals surface area contributed by atoms with E-state index in [1.165, 1.54) is 11.1 Å². The number of nitrogen functional groups attached to an aromatic ring is 1. The summed E-state index contributed by atoms with van der Waals surface area (Å²) in [5.74, 6) is 1.94. The Morgan fingerprint density at radius 3 is 2.44 bits per heavy atom. The van der Waals surface area contributed by atoms with E-state index >= 15 is 0 Å². The Labute approximate surface area is 125 Å². The van der Waals surface area contributed by atoms with Crippen LogP contribution in [0.25, 0.3) is 0 Å². The molecular weight excluding hydrogens is 330 g/mol. The maximum atomic E-state index is 5.85. The largest absolute Gasteiger partial charge is 0.399 e. The van der Waals surface area contributed by atoms with Crippen molar-refractivity contribution in [3.8, 4) is 0 Å². The molecule has 0 saturated carbocycles. The van der Waals surface area contributed by atoms with E-state index in [0.717, 1.165) is 26.7 Å². The number of hydrogen-bond acceptors (Lipinski definition) is 2. The minimum atomic E-state index is 0.782. The molecule has 4 heteroatoms. The van der Waals surface area contributed by atoms with Crippen LogP contribution in [0.5, 0.6) is 0 Å². The van der Waals surface area contributed by atoms with Crippen molar-refractivity contribution < 1.29 is 0 Å². The van der Waals surface area contributed by atoms with E-state index in [9.17, 15) is 0 Å². The summed E-state index contributed by atoms with van der Waals surface area (Å²) >= 11 is 11.3. The van der Waals surface area contributed by atoms with Crippen molar-refractivity contribution in [2.75, 3.05) is 5.73 Å². The maximum absolute atomic E-state index is 5.85. The third-order valence-corrected chi connectivity index (χ3v) is 4.56. The van der Waals surface area contributed by atoms with E-state index in [1.807, 2.05) is 36.0 Å². The van der Waals surface area contributed by atoms with Gasteiger partial charge in [-0.15, -0.1) is 0 Å². The van der Waals surface area contributed by atoms with E-state index in [4.69, 9.17) is 17.3 Å². The molecule has 0 unspecified atom stereocenters. The molecule has 18 heavy (non-hydrogen) atoms. The molecular formula is C14H13BrClNS. The Morgan fingerprint density at radius 1 is 1.06 bits per heavy atom. The first-order valence-electron chi connectivity index (χ1n) is 5.51. The molecule has 2 aromatic rings. The van der Waals surface area contributed by atoms with Gasteiger partial charge in [0, 0.05) is 26.7 Å². The highest BCUT2D eigenvalue weighted by Gasteiger charge is 2.01. The first-order chi connectivity index (χ1) is 8.65. The van der Waals surface area contributed by atoms with Crippen LogP contribution in [-0.4, -0.2) is 0 Å². The minimum absolute atomic E-state index is 0.782. The summed E-state index contributed by atoms with van der Waals surface area (Å²) in [5, 5.41) is 0.782. The summed E-state index contributed by atoms with van der Waals surface area (Å²) in [6.07, 6.45) is 0. The van der Waals surface area contributed by atoms with Gasteiger partial charge in [0.2, 0.25) is 0 Å². The molecule has 94 valence electrons. The van der Waals surface area contributed by atoms with Crippen LogP contribution in [0.1, 0.15) is 11.1 Å². The van der Waals surface area contributed by atoms with Gasteiger partial charge in [0.25, 0.3) is 0 Å². The summed E-state index contributed by atoms with van der Waals surface area (Å²) in [6, 6.07) is 13.9. The fourth-order valence-electron chi connectivity index (χ4n) is 1.54. The second-order valence-corrected chi connectivity index (χ2v) is 6.25. The summed E-state index contributed by atoms with van der Waals surface area (Å²) < 4.78 is 1.08. The zero-order valence-electron chi connectivity index (χ0n) is 9.70. The molecule has 2 aromatic carbocycles. The smallest absolute Gasteiger partial charge is 0.0406 e. The summed E-state index contributed by atoms with van der Waals surface area (Å²) in [5.41, 5.74) is 9.05. The standard InChI is InChI=1S/C14H13BrClNS/c15-14-7-13(17)6-3-11(14)9-18-8-10-1-4-12(16)5-2-10/h1-7H,8-9,17H2. The van der Waals surface area contributed by atoms with E-state index < -0.39 is 0 Å². The van der Waals surface area contributed by atoms with E-state index in [2.05, 4.69) is 34.1 Å². The van der Waals surface area contributed by atoms with Crippen LogP contribution < -0.4 is 5.73 Å². The van der Waals surface area contributed by atoms with Crippen molar-refractivity contribution in [3.05, 3.63) is 63.1 Å². The van der Waals surface area contributed by atoms with Crippen LogP contribution in [0.2, 0.25) is 5.02 Å². The average Bonchev–Trinajstić information content (AvgIpc) is 2.34. The molecule has 0 radical (unpaired) electrons. The molecule has 0 amide bonds. The van der Waals surface area contributed by atoms with Crippen molar-refractivity contribution in [1.29, 1.82) is 0 Å². The van der Waals surface area contributed by atoms with Crippen LogP contribution in [0.15, 0.2) is 46.9 Å². The fraction of sp³-hybridized carbons (Fsp3) is 0.143. The van der Waals surface area contributed by atoms with Gasteiger partial charge in [-0.25, -0.2) is 0 Å². The van der Waals surface area contributed by atoms with Gasteiger partial charge >= 0.3 is 0 Å². The Balaban J connectivity index is 1.90. The molecule has 0 bridgehead atoms. The van der Waals surface area contributed by atoms with Gasteiger partial charge < -0.3 is 5.73 Å². The van der Waals surface area contributed by atoms with E-state index in [-0.39, 0.29) is 0 Å². The number of anilines is 1. The van der Waals surface area contributed by atoms with Crippen LogP contribution in [0.4, 0.5) is 5.69 Å². The topological polar surface area (TPSA) is 26.0 Å². The van der Waals surface area contributed by atoms with Crippen molar-refractivity contribution in [1.82, 2.24) is 0 Å². The lowest BCUT2D eigenvalue weighted by Gasteiger charge is -2.06. The quantitative estimate of drug-likeness (QED) is 0.781. The predicted molar refractivity (Wildman–Crippen MR) is 85.0 cm³/mol. The van der Waals surface area contributed by atoms with Gasteiger partial charge in [-0.05, 0) is 35.4 Å². The summed E-state index contributed by atoms with van der Waals surface area (Å²) in [7, 11) is 0. The molecule has 0 aliphatic heterocycles. The summed E-state index contributed by atoms with van der Waals surface area (Å²) in [6.45, 7) is 0. The molecule has 2 rings (SSSR count). The van der Waals surface area contributed by atoms with Crippen molar-refractivity contribution in [2.45, 2.75) is 11.5 Å². The van der Waals surface area contributed by atoms with Crippen LogP contribution in [-0.2, 0) is 11.5 Å². The highest BCUT2D eigenvalue weighted by atomic mass is 79.9. The van der Waals surface area contributed by atoms with Gasteiger partial charge in [0.15, 0.2) is 0 Å². The first-order valence-corrected chi connectivity index (χ1v) is 7.84. The number of hydrogen-bond donors (Lipinski definition) is 1. The fourth-order valence-corrected chi connectivity index (χ4v) is 3.39. The highest BCUT2D eigenvalue weighted by Crippen LogP contribution is 2.26. The zero-order valence-corrected chi connectivity index (χ0v) is 12.9. The SMILES string of the molecule is Nc1ccc(CSCc2ccc(Cl)cc2)c(Br)c1. The number of thioether (sulfide) groups is 1. The van der Waals surface area contributed by atoms with Gasteiger partial charge in [-0.1, -0.05) is 45.7 Å². The maximum Gasteiger partial charge on any atom is 0.0406 e. The minimum Gasteiger partial charge on any atom is -0.399 e. The lowest BCUT2D eigenvalue weighted by atomic mass is 10.2. The van der Waals surface area contributed by atoms with Gasteiger partial charge in [-0.3, -0.25) is 0 Å². The third-order valence-electron chi connectivity index (χ3n) is 2.52. The number of rotatable bonds is 4. The van der Waals surface area contributed by atoms with Crippen LogP contribution >= 0.6 is 39.3 Å². The van der Waals surface area contributed by atoms with Crippen LogP contribution in [0, 0.1) is 0 Å². The first kappa shape index (κ1) is 13.8. The molecule has 0 aromatic heterocycles. The Kier molecular flexibility index (Phi) is 4.98. The van der Waals surface area contributed by atoms with Gasteiger partial charge in [0.1, 0.15) is 0 Å². The predicted octanol–water partition coefficient (Wildman–Crippen LogP) is 5.12. The second-order valence-electron chi connectivity index (χ2n) is 3.97. The Morgan fingerprint density at radius 2 is 1.78 bits per heavy atom. The van der Waals surface area contributed by atoms with Crippen molar-refractivity contribution in [3.63, 3.8) is 0 Å². The Hall–Kier alpha value is -0.640. The van der Waals surface area contributed by atoms with Gasteiger partial charge in [0.05, 0.1) is 0 Å². The third kappa shape index (κ3) is 3.94. The molecule has 0 saturated heterocycles. The zero-order chi connectivity index (χ0) is 13.0. The molecule has 0 fully saturated rings. The Bertz CT molecular complexity index is 528. The van der Waals surface area contributed by atoms with Crippen molar-refractivity contribution >= 4 is 45.0 Å². The monoisotopic (exact) mass is 341 g/mol. The molecule has 0 spiro atoms. The number of benzene rings is 2. The number of nitrogens with two attached hydrogens (primary N) is 1.